The van der Waals surface area contributed by atoms with E-state index in [1.54, 1.807) is 0 Å². The lowest BCUT2D eigenvalue weighted by atomic mass is 10.2. The maximum atomic E-state index is 8.69. The summed E-state index contributed by atoms with van der Waals surface area (Å²) in [5.74, 6) is 0. The molecule has 0 N–H and O–H groups in total. The fourth-order valence-electron chi connectivity index (χ4n) is 0.972. The molecule has 0 radical (unpaired) electrons. The first-order valence-electron chi connectivity index (χ1n) is 4.43. The molecule has 1 rings (SSSR count). The second-order valence-electron chi connectivity index (χ2n) is 2.80. The summed E-state index contributed by atoms with van der Waals surface area (Å²) in [6.07, 6.45) is 0.200. The van der Waals surface area contributed by atoms with Crippen LogP contribution >= 0.6 is 12.2 Å². The van der Waals surface area contributed by atoms with Gasteiger partial charge in [0.2, 0.25) is 0 Å². The normalized spacial score (nSPS) is 11.4. The van der Waals surface area contributed by atoms with Crippen molar-refractivity contribution < 1.29 is 4.74 Å². The highest BCUT2D eigenvalue weighted by atomic mass is 32.1. The summed E-state index contributed by atoms with van der Waals surface area (Å²) in [7, 11) is 0. The van der Waals surface area contributed by atoms with Crippen molar-refractivity contribution in [3.63, 3.8) is 0 Å². The molecule has 0 aliphatic carbocycles. The molecule has 0 aromatic heterocycles. The zero-order valence-corrected chi connectivity index (χ0v) is 8.75. The van der Waals surface area contributed by atoms with Gasteiger partial charge < -0.3 is 4.74 Å². The SMILES string of the molecule is CCC(C#N)OC(=S)c1ccccc1. The molecule has 72 valence electrons. The van der Waals surface area contributed by atoms with Gasteiger partial charge in [0.1, 0.15) is 6.07 Å². The number of thiocarbonyl (C=S) groups is 1. The Hall–Kier alpha value is -1.40. The van der Waals surface area contributed by atoms with E-state index in [4.69, 9.17) is 22.2 Å². The maximum Gasteiger partial charge on any atom is 0.192 e. The van der Waals surface area contributed by atoms with Crippen molar-refractivity contribution in [2.24, 2.45) is 0 Å². The lowest BCUT2D eigenvalue weighted by Crippen LogP contribution is -2.14. The van der Waals surface area contributed by atoms with Crippen molar-refractivity contribution in [1.82, 2.24) is 0 Å². The molecule has 0 aliphatic rings. The highest BCUT2D eigenvalue weighted by Crippen LogP contribution is 2.06. The van der Waals surface area contributed by atoms with E-state index in [1.165, 1.54) is 0 Å². The average Bonchev–Trinajstić information content (AvgIpc) is 2.26. The summed E-state index contributed by atoms with van der Waals surface area (Å²) in [4.78, 5) is 0. The van der Waals surface area contributed by atoms with Gasteiger partial charge in [-0.2, -0.15) is 5.26 Å². The molecule has 2 nitrogen and oxygen atoms in total. The Balaban J connectivity index is 2.64. The monoisotopic (exact) mass is 205 g/mol. The van der Waals surface area contributed by atoms with Crippen LogP contribution in [0.1, 0.15) is 18.9 Å². The Morgan fingerprint density at radius 2 is 2.14 bits per heavy atom. The van der Waals surface area contributed by atoms with Gasteiger partial charge in [-0.3, -0.25) is 0 Å². The van der Waals surface area contributed by atoms with Gasteiger partial charge in [0.15, 0.2) is 11.2 Å². The highest BCUT2D eigenvalue weighted by molar-refractivity contribution is 7.80. The third-order valence-corrected chi connectivity index (χ3v) is 2.11. The van der Waals surface area contributed by atoms with Gasteiger partial charge >= 0.3 is 0 Å². The molecular formula is C11H11NOS. The lowest BCUT2D eigenvalue weighted by Gasteiger charge is -2.10. The molecule has 0 amide bonds. The topological polar surface area (TPSA) is 33.0 Å². The van der Waals surface area contributed by atoms with E-state index in [1.807, 2.05) is 43.3 Å². The summed E-state index contributed by atoms with van der Waals surface area (Å²) in [6, 6.07) is 11.5. The van der Waals surface area contributed by atoms with Gasteiger partial charge in [0, 0.05) is 5.56 Å². The molecule has 1 aromatic carbocycles. The van der Waals surface area contributed by atoms with E-state index >= 15 is 0 Å². The third-order valence-electron chi connectivity index (χ3n) is 1.77. The lowest BCUT2D eigenvalue weighted by molar-refractivity contribution is 0.246. The van der Waals surface area contributed by atoms with Crippen LogP contribution in [0.5, 0.6) is 0 Å². The summed E-state index contributed by atoms with van der Waals surface area (Å²) >= 11 is 5.06. The summed E-state index contributed by atoms with van der Waals surface area (Å²) in [5, 5.41) is 9.08. The predicted octanol–water partition coefficient (Wildman–Crippen LogP) is 2.68. The Labute approximate surface area is 89.1 Å². The van der Waals surface area contributed by atoms with Crippen LogP contribution in [0, 0.1) is 11.3 Å². The summed E-state index contributed by atoms with van der Waals surface area (Å²) in [5.41, 5.74) is 0.844. The molecule has 0 bridgehead atoms. The third kappa shape index (κ3) is 2.82. The zero-order chi connectivity index (χ0) is 10.4. The van der Waals surface area contributed by atoms with Crippen LogP contribution in [0.15, 0.2) is 30.3 Å². The van der Waals surface area contributed by atoms with Crippen molar-refractivity contribution in [3.05, 3.63) is 35.9 Å². The molecule has 1 aromatic rings. The molecule has 0 spiro atoms. The smallest absolute Gasteiger partial charge is 0.192 e. The molecule has 0 fully saturated rings. The summed E-state index contributed by atoms with van der Waals surface area (Å²) in [6.45, 7) is 1.89. The second kappa shape index (κ2) is 5.36. The minimum Gasteiger partial charge on any atom is -0.465 e. The number of ether oxygens (including phenoxy) is 1. The first kappa shape index (κ1) is 10.7. The van der Waals surface area contributed by atoms with Crippen LogP contribution in [0.2, 0.25) is 0 Å². The van der Waals surface area contributed by atoms with Gasteiger partial charge in [-0.05, 0) is 18.6 Å². The standard InChI is InChI=1S/C11H11NOS/c1-2-10(8-12)13-11(14)9-6-4-3-5-7-9/h3-7,10H,2H2,1H3. The Morgan fingerprint density at radius 3 is 2.64 bits per heavy atom. The Bertz CT molecular complexity index is 342. The van der Waals surface area contributed by atoms with E-state index < -0.39 is 6.10 Å². The molecule has 0 saturated carbocycles. The van der Waals surface area contributed by atoms with Gasteiger partial charge in [0.25, 0.3) is 0 Å². The van der Waals surface area contributed by atoms with Crippen LogP contribution in [0.3, 0.4) is 0 Å². The van der Waals surface area contributed by atoms with E-state index in [0.29, 0.717) is 11.5 Å². The van der Waals surface area contributed by atoms with Crippen LogP contribution in [-0.4, -0.2) is 11.2 Å². The van der Waals surface area contributed by atoms with Gasteiger partial charge in [-0.25, -0.2) is 0 Å². The fraction of sp³-hybridized carbons (Fsp3) is 0.273. The number of nitriles is 1. The van der Waals surface area contributed by atoms with E-state index in [9.17, 15) is 0 Å². The van der Waals surface area contributed by atoms with E-state index in [2.05, 4.69) is 0 Å². The number of benzene rings is 1. The minimum atomic E-state index is -0.442. The zero-order valence-electron chi connectivity index (χ0n) is 7.93. The van der Waals surface area contributed by atoms with E-state index in [-0.39, 0.29) is 0 Å². The fourth-order valence-corrected chi connectivity index (χ4v) is 1.22. The van der Waals surface area contributed by atoms with Gasteiger partial charge in [-0.1, -0.05) is 37.3 Å². The van der Waals surface area contributed by atoms with Crippen LogP contribution in [0.25, 0.3) is 0 Å². The van der Waals surface area contributed by atoms with Gasteiger partial charge in [0.05, 0.1) is 0 Å². The quantitative estimate of drug-likeness (QED) is 0.711. The highest BCUT2D eigenvalue weighted by Gasteiger charge is 2.09. The molecule has 14 heavy (non-hydrogen) atoms. The first-order chi connectivity index (χ1) is 6.77. The number of hydrogen-bond donors (Lipinski definition) is 0. The molecule has 1 atom stereocenters. The van der Waals surface area contributed by atoms with Crippen molar-refractivity contribution in [2.45, 2.75) is 19.4 Å². The number of rotatable bonds is 3. The largest absolute Gasteiger partial charge is 0.465 e. The molecule has 3 heteroatoms. The first-order valence-corrected chi connectivity index (χ1v) is 4.84. The van der Waals surface area contributed by atoms with Gasteiger partial charge in [-0.15, -0.1) is 0 Å². The Kier molecular flexibility index (Phi) is 4.09. The van der Waals surface area contributed by atoms with Crippen molar-refractivity contribution in [3.8, 4) is 6.07 Å². The second-order valence-corrected chi connectivity index (χ2v) is 3.17. The predicted molar refractivity (Wildman–Crippen MR) is 58.9 cm³/mol. The van der Waals surface area contributed by atoms with Crippen molar-refractivity contribution in [2.75, 3.05) is 0 Å². The van der Waals surface area contributed by atoms with Crippen LogP contribution in [0.4, 0.5) is 0 Å². The van der Waals surface area contributed by atoms with E-state index in [0.717, 1.165) is 5.56 Å². The minimum absolute atomic E-state index is 0.388. The van der Waals surface area contributed by atoms with Crippen molar-refractivity contribution >= 4 is 17.3 Å². The number of nitrogens with zero attached hydrogens (tertiary/aromatic N) is 1. The molecule has 0 saturated heterocycles. The molecule has 0 heterocycles. The average molecular weight is 205 g/mol. The summed E-state index contributed by atoms with van der Waals surface area (Å²) < 4.78 is 5.31. The number of hydrogen-bond acceptors (Lipinski definition) is 3. The molecule has 0 aliphatic heterocycles. The van der Waals surface area contributed by atoms with Crippen LogP contribution < -0.4 is 0 Å². The maximum absolute atomic E-state index is 8.69. The van der Waals surface area contributed by atoms with Crippen LogP contribution in [-0.2, 0) is 4.74 Å². The Morgan fingerprint density at radius 1 is 1.50 bits per heavy atom. The van der Waals surface area contributed by atoms with Crippen molar-refractivity contribution in [1.29, 1.82) is 5.26 Å². The molecule has 1 unspecified atom stereocenters. The molecular weight excluding hydrogens is 194 g/mol.